The van der Waals surface area contributed by atoms with Gasteiger partial charge in [0.05, 0.1) is 18.2 Å². The summed E-state index contributed by atoms with van der Waals surface area (Å²) >= 11 is 0. The molecule has 4 rings (SSSR count). The first-order valence-corrected chi connectivity index (χ1v) is 10.2. The SMILES string of the molecule is CC(C)n1nccc1C(=O)N1CCC2(CC1)C[C@H](N(C)c1ccccc1)CO2. The van der Waals surface area contributed by atoms with Crippen LogP contribution in [0, 0.1) is 0 Å². The second-order valence-electron chi connectivity index (χ2n) is 8.35. The molecule has 0 saturated carbocycles. The summed E-state index contributed by atoms with van der Waals surface area (Å²) in [4.78, 5) is 17.2. The van der Waals surface area contributed by atoms with E-state index in [9.17, 15) is 4.79 Å². The molecular weight excluding hydrogens is 352 g/mol. The molecule has 3 heterocycles. The molecule has 0 radical (unpaired) electrons. The molecule has 0 bridgehead atoms. The molecule has 2 aromatic rings. The molecule has 1 aromatic heterocycles. The molecule has 1 atom stereocenters. The summed E-state index contributed by atoms with van der Waals surface area (Å²) in [5, 5.41) is 4.30. The number of piperidine rings is 1. The van der Waals surface area contributed by atoms with Crippen LogP contribution in [-0.2, 0) is 4.74 Å². The number of nitrogens with zero attached hydrogens (tertiary/aromatic N) is 4. The molecule has 2 saturated heterocycles. The van der Waals surface area contributed by atoms with Gasteiger partial charge in [-0.25, -0.2) is 0 Å². The summed E-state index contributed by atoms with van der Waals surface area (Å²) in [6.07, 6.45) is 4.52. The minimum absolute atomic E-state index is 0.0806. The van der Waals surface area contributed by atoms with Gasteiger partial charge >= 0.3 is 0 Å². The Bertz CT molecular complexity index is 809. The third-order valence-electron chi connectivity index (χ3n) is 6.24. The Morgan fingerprint density at radius 2 is 1.93 bits per heavy atom. The van der Waals surface area contributed by atoms with Crippen molar-refractivity contribution in [2.75, 3.05) is 31.6 Å². The van der Waals surface area contributed by atoms with Gasteiger partial charge in [-0.05, 0) is 51.3 Å². The number of carbonyl (C=O) groups is 1. The number of rotatable bonds is 4. The minimum atomic E-state index is -0.0945. The average Bonchev–Trinajstić information content (AvgIpc) is 3.36. The van der Waals surface area contributed by atoms with Gasteiger partial charge in [0.2, 0.25) is 0 Å². The van der Waals surface area contributed by atoms with Crippen molar-refractivity contribution in [1.29, 1.82) is 0 Å². The van der Waals surface area contributed by atoms with E-state index in [0.717, 1.165) is 39.0 Å². The van der Waals surface area contributed by atoms with Gasteiger partial charge in [0.25, 0.3) is 5.91 Å². The molecule has 2 aliphatic heterocycles. The van der Waals surface area contributed by atoms with Crippen LogP contribution in [0.15, 0.2) is 42.6 Å². The van der Waals surface area contributed by atoms with Crippen LogP contribution in [-0.4, -0.2) is 59.0 Å². The zero-order valence-electron chi connectivity index (χ0n) is 17.0. The van der Waals surface area contributed by atoms with Crippen LogP contribution in [0.1, 0.15) is 49.6 Å². The molecule has 2 aliphatic rings. The molecule has 28 heavy (non-hydrogen) atoms. The molecule has 1 spiro atoms. The van der Waals surface area contributed by atoms with Gasteiger partial charge in [-0.1, -0.05) is 18.2 Å². The number of ether oxygens (including phenoxy) is 1. The number of para-hydroxylation sites is 1. The predicted octanol–water partition coefficient (Wildman–Crippen LogP) is 3.36. The number of anilines is 1. The van der Waals surface area contributed by atoms with Gasteiger partial charge in [-0.2, -0.15) is 5.10 Å². The van der Waals surface area contributed by atoms with E-state index < -0.39 is 0 Å². The summed E-state index contributed by atoms with van der Waals surface area (Å²) in [6.45, 7) is 6.32. The fourth-order valence-corrected chi connectivity index (χ4v) is 4.47. The van der Waals surface area contributed by atoms with Crippen molar-refractivity contribution >= 4 is 11.6 Å². The monoisotopic (exact) mass is 382 g/mol. The third-order valence-corrected chi connectivity index (χ3v) is 6.24. The number of amides is 1. The van der Waals surface area contributed by atoms with Crippen LogP contribution in [0.3, 0.4) is 0 Å². The average molecular weight is 383 g/mol. The molecule has 0 unspecified atom stereocenters. The Balaban J connectivity index is 1.38. The van der Waals surface area contributed by atoms with Gasteiger partial charge < -0.3 is 14.5 Å². The van der Waals surface area contributed by atoms with Gasteiger partial charge in [0, 0.05) is 38.1 Å². The number of hydrogen-bond donors (Lipinski definition) is 0. The third kappa shape index (κ3) is 3.53. The lowest BCUT2D eigenvalue weighted by molar-refractivity contribution is -0.0390. The topological polar surface area (TPSA) is 50.6 Å². The van der Waals surface area contributed by atoms with E-state index in [2.05, 4.69) is 41.3 Å². The van der Waals surface area contributed by atoms with Crippen LogP contribution >= 0.6 is 0 Å². The number of carbonyl (C=O) groups excluding carboxylic acids is 1. The normalized spacial score (nSPS) is 21.4. The van der Waals surface area contributed by atoms with Crippen LogP contribution < -0.4 is 4.90 Å². The number of likely N-dealkylation sites (tertiary alicyclic amines) is 1. The van der Waals surface area contributed by atoms with E-state index in [1.54, 1.807) is 6.20 Å². The van der Waals surface area contributed by atoms with E-state index in [1.807, 2.05) is 35.6 Å². The van der Waals surface area contributed by atoms with Crippen molar-refractivity contribution in [1.82, 2.24) is 14.7 Å². The first-order valence-electron chi connectivity index (χ1n) is 10.2. The molecule has 0 aliphatic carbocycles. The Morgan fingerprint density at radius 1 is 1.21 bits per heavy atom. The standard InChI is InChI=1S/C22H30N4O2/c1-17(2)26-20(9-12-23-26)21(27)25-13-10-22(11-14-25)15-19(16-28-22)24(3)18-7-5-4-6-8-18/h4-9,12,17,19H,10-11,13-16H2,1-3H3/t19-/m0/s1. The fourth-order valence-electron chi connectivity index (χ4n) is 4.47. The maximum Gasteiger partial charge on any atom is 0.272 e. The van der Waals surface area contributed by atoms with Crippen LogP contribution in [0.4, 0.5) is 5.69 Å². The lowest BCUT2D eigenvalue weighted by Gasteiger charge is -2.39. The van der Waals surface area contributed by atoms with Gasteiger partial charge in [-0.15, -0.1) is 0 Å². The Morgan fingerprint density at radius 3 is 2.61 bits per heavy atom. The number of likely N-dealkylation sites (N-methyl/N-ethyl adjacent to an activating group) is 1. The Labute approximate surface area is 167 Å². The van der Waals surface area contributed by atoms with Crippen LogP contribution in [0.2, 0.25) is 0 Å². The van der Waals surface area contributed by atoms with Crippen LogP contribution in [0.5, 0.6) is 0 Å². The smallest absolute Gasteiger partial charge is 0.272 e. The van der Waals surface area contributed by atoms with E-state index >= 15 is 0 Å². The Hall–Kier alpha value is -2.34. The molecule has 2 fully saturated rings. The summed E-state index contributed by atoms with van der Waals surface area (Å²) in [5.41, 5.74) is 1.81. The lowest BCUT2D eigenvalue weighted by Crippen LogP contribution is -2.47. The summed E-state index contributed by atoms with van der Waals surface area (Å²) in [7, 11) is 2.15. The summed E-state index contributed by atoms with van der Waals surface area (Å²) in [5.74, 6) is 0.0806. The second-order valence-corrected chi connectivity index (χ2v) is 8.35. The van der Waals surface area contributed by atoms with Crippen molar-refractivity contribution < 1.29 is 9.53 Å². The maximum absolute atomic E-state index is 13.0. The highest BCUT2D eigenvalue weighted by Gasteiger charge is 2.44. The van der Waals surface area contributed by atoms with E-state index in [4.69, 9.17) is 4.74 Å². The molecule has 1 amide bonds. The van der Waals surface area contributed by atoms with E-state index in [1.165, 1.54) is 5.69 Å². The zero-order chi connectivity index (χ0) is 19.7. The highest BCUT2D eigenvalue weighted by Crippen LogP contribution is 2.38. The van der Waals surface area contributed by atoms with Gasteiger partial charge in [0.15, 0.2) is 0 Å². The van der Waals surface area contributed by atoms with Crippen LogP contribution in [0.25, 0.3) is 0 Å². The quantitative estimate of drug-likeness (QED) is 0.814. The molecule has 6 nitrogen and oxygen atoms in total. The van der Waals surface area contributed by atoms with Crippen molar-refractivity contribution in [3.05, 3.63) is 48.3 Å². The lowest BCUT2D eigenvalue weighted by atomic mass is 9.87. The molecule has 0 N–H and O–H groups in total. The molecule has 6 heteroatoms. The highest BCUT2D eigenvalue weighted by molar-refractivity contribution is 5.92. The fraction of sp³-hybridized carbons (Fsp3) is 0.545. The first-order chi connectivity index (χ1) is 13.5. The van der Waals surface area contributed by atoms with Gasteiger partial charge in [0.1, 0.15) is 5.69 Å². The molecule has 150 valence electrons. The molecular formula is C22H30N4O2. The van der Waals surface area contributed by atoms with Gasteiger partial charge in [-0.3, -0.25) is 9.48 Å². The van der Waals surface area contributed by atoms with E-state index in [0.29, 0.717) is 11.7 Å². The number of benzene rings is 1. The van der Waals surface area contributed by atoms with Crippen molar-refractivity contribution in [3.63, 3.8) is 0 Å². The van der Waals surface area contributed by atoms with E-state index in [-0.39, 0.29) is 17.6 Å². The largest absolute Gasteiger partial charge is 0.373 e. The molecule has 1 aromatic carbocycles. The maximum atomic E-state index is 13.0. The van der Waals surface area contributed by atoms with Crippen molar-refractivity contribution in [2.24, 2.45) is 0 Å². The van der Waals surface area contributed by atoms with Crippen molar-refractivity contribution in [2.45, 2.75) is 50.8 Å². The number of aromatic nitrogens is 2. The highest BCUT2D eigenvalue weighted by atomic mass is 16.5. The summed E-state index contributed by atoms with van der Waals surface area (Å²) in [6, 6.07) is 12.9. The number of hydrogen-bond acceptors (Lipinski definition) is 4. The first kappa shape index (κ1) is 19.0. The predicted molar refractivity (Wildman–Crippen MR) is 110 cm³/mol. The Kier molecular flexibility index (Phi) is 5.15. The van der Waals surface area contributed by atoms with Crippen molar-refractivity contribution in [3.8, 4) is 0 Å². The minimum Gasteiger partial charge on any atom is -0.373 e. The summed E-state index contributed by atoms with van der Waals surface area (Å²) < 4.78 is 8.13. The zero-order valence-corrected chi connectivity index (χ0v) is 17.0. The second kappa shape index (κ2) is 7.59.